The Bertz CT molecular complexity index is 2080. The molecule has 0 atom stereocenters. The highest BCUT2D eigenvalue weighted by atomic mass is 16.6. The largest absolute Gasteiger partial charge is 0.465 e. The number of benzene rings is 2. The van der Waals surface area contributed by atoms with Crippen LogP contribution in [-0.2, 0) is 52.5 Å². The van der Waals surface area contributed by atoms with Crippen molar-refractivity contribution in [2.75, 3.05) is 33.5 Å². The van der Waals surface area contributed by atoms with Gasteiger partial charge in [0, 0.05) is 22.9 Å². The van der Waals surface area contributed by atoms with E-state index in [-0.39, 0.29) is 71.9 Å². The fourth-order valence-electron chi connectivity index (χ4n) is 10.9. The summed E-state index contributed by atoms with van der Waals surface area (Å²) in [5.74, 6) is -1.38. The molecule has 4 aliphatic carbocycles. The molecule has 370 valence electrons. The molecule has 14 heteroatoms. The maximum absolute atomic E-state index is 13.8. The first kappa shape index (κ1) is 51.9. The SMILES string of the molecule is C=CC(=O)OCCCCOC(=O)C1CCC(C2CCC(C(=O)Oc3cc(C(=O)OC)c(OC(=O)C4CCC(C5CCC(C(=O)OCCCCOC(=O)C=C)CC5)CC4)c4ccccc34)CC2)CC1. The molecule has 0 radical (unpaired) electrons. The van der Waals surface area contributed by atoms with E-state index in [0.717, 1.165) is 89.2 Å². The summed E-state index contributed by atoms with van der Waals surface area (Å²) in [6, 6.07) is 8.58. The average Bonchev–Trinajstić information content (AvgIpc) is 3.38. The Morgan fingerprint density at radius 1 is 0.485 bits per heavy atom. The van der Waals surface area contributed by atoms with Crippen molar-refractivity contribution in [1.29, 1.82) is 0 Å². The zero-order valence-electron chi connectivity index (χ0n) is 39.8. The second kappa shape index (κ2) is 26.3. The van der Waals surface area contributed by atoms with E-state index in [1.165, 1.54) is 13.2 Å². The van der Waals surface area contributed by atoms with Gasteiger partial charge in [-0.1, -0.05) is 37.4 Å². The molecule has 0 amide bonds. The van der Waals surface area contributed by atoms with Crippen LogP contribution >= 0.6 is 0 Å². The molecule has 2 aromatic rings. The number of hydrogen-bond acceptors (Lipinski definition) is 14. The van der Waals surface area contributed by atoms with Crippen molar-refractivity contribution in [3.8, 4) is 11.5 Å². The third kappa shape index (κ3) is 14.5. The molecule has 2 aromatic carbocycles. The maximum Gasteiger partial charge on any atom is 0.341 e. The Balaban J connectivity index is 0.949. The number of rotatable bonds is 21. The summed E-state index contributed by atoms with van der Waals surface area (Å²) in [6.45, 7) is 7.89. The molecular weight excluding hydrogens is 873 g/mol. The van der Waals surface area contributed by atoms with Gasteiger partial charge in [-0.15, -0.1) is 0 Å². The van der Waals surface area contributed by atoms with Gasteiger partial charge in [-0.3, -0.25) is 19.2 Å². The van der Waals surface area contributed by atoms with Crippen LogP contribution in [0.5, 0.6) is 11.5 Å². The van der Waals surface area contributed by atoms with Gasteiger partial charge in [-0.25, -0.2) is 14.4 Å². The van der Waals surface area contributed by atoms with E-state index in [2.05, 4.69) is 13.2 Å². The smallest absolute Gasteiger partial charge is 0.341 e. The summed E-state index contributed by atoms with van der Waals surface area (Å²) in [6.07, 6.45) is 17.8. The van der Waals surface area contributed by atoms with Crippen molar-refractivity contribution >= 4 is 52.6 Å². The van der Waals surface area contributed by atoms with Gasteiger partial charge in [-0.2, -0.15) is 0 Å². The lowest BCUT2D eigenvalue weighted by Gasteiger charge is -2.37. The zero-order chi connectivity index (χ0) is 48.4. The van der Waals surface area contributed by atoms with Gasteiger partial charge in [0.15, 0.2) is 5.75 Å². The van der Waals surface area contributed by atoms with E-state index < -0.39 is 23.9 Å². The van der Waals surface area contributed by atoms with Crippen LogP contribution < -0.4 is 9.47 Å². The molecule has 6 rings (SSSR count). The Morgan fingerprint density at radius 2 is 0.838 bits per heavy atom. The van der Waals surface area contributed by atoms with Crippen molar-refractivity contribution in [3.05, 3.63) is 61.2 Å². The molecule has 68 heavy (non-hydrogen) atoms. The van der Waals surface area contributed by atoms with Gasteiger partial charge < -0.3 is 33.2 Å². The van der Waals surface area contributed by atoms with Gasteiger partial charge in [-0.05, 0) is 158 Å². The molecule has 4 saturated carbocycles. The number of unbranched alkanes of at least 4 members (excludes halogenated alkanes) is 2. The quantitative estimate of drug-likeness (QED) is 0.0379. The maximum atomic E-state index is 13.8. The summed E-state index contributed by atoms with van der Waals surface area (Å²) in [7, 11) is 1.26. The van der Waals surface area contributed by atoms with E-state index in [1.807, 2.05) is 6.07 Å². The molecular formula is C54H70O14. The van der Waals surface area contributed by atoms with E-state index in [0.29, 0.717) is 99.0 Å². The topological polar surface area (TPSA) is 184 Å². The molecule has 0 unspecified atom stereocenters. The number of hydrogen-bond donors (Lipinski definition) is 0. The van der Waals surface area contributed by atoms with Crippen LogP contribution in [0.1, 0.15) is 139 Å². The predicted molar refractivity (Wildman–Crippen MR) is 251 cm³/mol. The predicted octanol–water partition coefficient (Wildman–Crippen LogP) is 9.77. The minimum absolute atomic E-state index is 0.00933. The summed E-state index contributed by atoms with van der Waals surface area (Å²) >= 11 is 0. The lowest BCUT2D eigenvalue weighted by molar-refractivity contribution is -0.151. The summed E-state index contributed by atoms with van der Waals surface area (Å²) < 4.78 is 38.3. The van der Waals surface area contributed by atoms with Crippen molar-refractivity contribution in [2.45, 2.75) is 128 Å². The highest BCUT2D eigenvalue weighted by molar-refractivity contribution is 6.06. The standard InChI is InChI=1S/C54H70O14/c1-4-47(55)63-30-8-10-32-65-50(57)39-22-14-35(15-23-39)37-18-26-41(27-19-37)52(59)67-46-34-45(54(61)62-3)49(44-13-7-6-12-43(44)46)68-53(60)42-28-20-38(21-29-42)36-16-24-40(25-17-36)51(58)66-33-11-9-31-64-48(56)5-2/h4-7,12-13,34-42H,1-2,8-11,14-33H2,3H3. The number of fused-ring (bicyclic) bond motifs is 1. The Kier molecular flexibility index (Phi) is 20.0. The molecule has 0 aliphatic heterocycles. The molecule has 0 aromatic heterocycles. The third-order valence-corrected chi connectivity index (χ3v) is 14.9. The van der Waals surface area contributed by atoms with E-state index in [1.54, 1.807) is 18.2 Å². The van der Waals surface area contributed by atoms with Crippen molar-refractivity contribution in [1.82, 2.24) is 0 Å². The van der Waals surface area contributed by atoms with E-state index >= 15 is 0 Å². The molecule has 4 fully saturated rings. The molecule has 0 spiro atoms. The lowest BCUT2D eigenvalue weighted by atomic mass is 9.69. The fourth-order valence-corrected chi connectivity index (χ4v) is 10.9. The first-order chi connectivity index (χ1) is 33.0. The summed E-state index contributed by atoms with van der Waals surface area (Å²) in [4.78, 5) is 88.6. The van der Waals surface area contributed by atoms with Gasteiger partial charge in [0.25, 0.3) is 0 Å². The summed E-state index contributed by atoms with van der Waals surface area (Å²) in [5.41, 5.74) is 0.00933. The molecule has 14 nitrogen and oxygen atoms in total. The van der Waals surface area contributed by atoms with Crippen LogP contribution in [0, 0.1) is 47.3 Å². The Labute approximate surface area is 400 Å². The van der Waals surface area contributed by atoms with Gasteiger partial charge in [0.05, 0.1) is 57.2 Å². The number of carbonyl (C=O) groups is 7. The first-order valence-electron chi connectivity index (χ1n) is 25.0. The number of methoxy groups -OCH3 is 1. The highest BCUT2D eigenvalue weighted by Gasteiger charge is 2.38. The number of esters is 7. The normalized spacial score (nSPS) is 24.9. The van der Waals surface area contributed by atoms with Crippen LogP contribution in [0.4, 0.5) is 0 Å². The number of ether oxygens (including phenoxy) is 7. The second-order valence-corrected chi connectivity index (χ2v) is 19.1. The molecule has 0 heterocycles. The van der Waals surface area contributed by atoms with Gasteiger partial charge in [0.2, 0.25) is 0 Å². The van der Waals surface area contributed by atoms with Crippen molar-refractivity contribution < 1.29 is 66.7 Å². The minimum Gasteiger partial charge on any atom is -0.465 e. The fraction of sp³-hybridized carbons (Fsp3) is 0.611. The van der Waals surface area contributed by atoms with Crippen LogP contribution in [0.15, 0.2) is 55.6 Å². The van der Waals surface area contributed by atoms with Crippen LogP contribution in [0.3, 0.4) is 0 Å². The second-order valence-electron chi connectivity index (χ2n) is 19.1. The van der Waals surface area contributed by atoms with Gasteiger partial charge in [0.1, 0.15) is 11.3 Å². The number of carbonyl (C=O) groups excluding carboxylic acids is 7. The third-order valence-electron chi connectivity index (χ3n) is 14.9. The molecule has 4 aliphatic rings. The average molecular weight is 943 g/mol. The Hall–Kier alpha value is -5.53. The van der Waals surface area contributed by atoms with Crippen LogP contribution in [0.25, 0.3) is 10.8 Å². The van der Waals surface area contributed by atoms with Crippen LogP contribution in [0.2, 0.25) is 0 Å². The van der Waals surface area contributed by atoms with E-state index in [4.69, 9.17) is 33.2 Å². The first-order valence-corrected chi connectivity index (χ1v) is 25.0. The Morgan fingerprint density at radius 3 is 1.22 bits per heavy atom. The van der Waals surface area contributed by atoms with Crippen molar-refractivity contribution in [2.24, 2.45) is 47.3 Å². The lowest BCUT2D eigenvalue weighted by Crippen LogP contribution is -2.32. The zero-order valence-corrected chi connectivity index (χ0v) is 39.8. The summed E-state index contributed by atoms with van der Waals surface area (Å²) in [5, 5.41) is 1.02. The molecule has 0 N–H and O–H groups in total. The van der Waals surface area contributed by atoms with Crippen LogP contribution in [-0.4, -0.2) is 75.3 Å². The highest BCUT2D eigenvalue weighted by Crippen LogP contribution is 2.45. The molecule has 0 saturated heterocycles. The van der Waals surface area contributed by atoms with Crippen molar-refractivity contribution in [3.63, 3.8) is 0 Å². The monoisotopic (exact) mass is 942 g/mol. The van der Waals surface area contributed by atoms with E-state index in [9.17, 15) is 33.6 Å². The van der Waals surface area contributed by atoms with Gasteiger partial charge >= 0.3 is 41.8 Å². The minimum atomic E-state index is -0.710. The molecule has 0 bridgehead atoms.